The van der Waals surface area contributed by atoms with Crippen LogP contribution >= 0.6 is 0 Å². The van der Waals surface area contributed by atoms with Crippen LogP contribution in [0.1, 0.15) is 10.4 Å². The molecule has 6 heteroatoms. The van der Waals surface area contributed by atoms with Crippen molar-refractivity contribution >= 4 is 11.6 Å². The monoisotopic (exact) mass is 250 g/mol. The first kappa shape index (κ1) is 12.0. The van der Waals surface area contributed by atoms with E-state index in [4.69, 9.17) is 5.11 Å². The third-order valence-electron chi connectivity index (χ3n) is 2.17. The Morgan fingerprint density at radius 1 is 1.22 bits per heavy atom. The van der Waals surface area contributed by atoms with Gasteiger partial charge >= 0.3 is 0 Å². The van der Waals surface area contributed by atoms with Crippen LogP contribution in [0.25, 0.3) is 0 Å². The van der Waals surface area contributed by atoms with Crippen molar-refractivity contribution in [2.75, 3.05) is 5.32 Å². The fourth-order valence-corrected chi connectivity index (χ4v) is 1.34. The zero-order valence-electron chi connectivity index (χ0n) is 9.02. The number of halogens is 2. The van der Waals surface area contributed by atoms with Crippen LogP contribution in [-0.4, -0.2) is 16.0 Å². The molecule has 0 unspecified atom stereocenters. The predicted octanol–water partition coefficient (Wildman–Crippen LogP) is 2.32. The Hall–Kier alpha value is -2.50. The van der Waals surface area contributed by atoms with Gasteiger partial charge in [0.2, 0.25) is 0 Å². The number of hydrogen-bond donors (Lipinski definition) is 2. The molecule has 2 rings (SSSR count). The molecule has 0 saturated heterocycles. The second kappa shape index (κ2) is 4.79. The van der Waals surface area contributed by atoms with Gasteiger partial charge in [-0.3, -0.25) is 9.78 Å². The first-order chi connectivity index (χ1) is 8.56. The first-order valence-corrected chi connectivity index (χ1v) is 4.96. The van der Waals surface area contributed by atoms with E-state index in [-0.39, 0.29) is 17.0 Å². The summed E-state index contributed by atoms with van der Waals surface area (Å²) in [5.41, 5.74) is -0.0801. The Labute approximate surface area is 101 Å². The minimum Gasteiger partial charge on any atom is -0.506 e. The average Bonchev–Trinajstić information content (AvgIpc) is 2.32. The van der Waals surface area contributed by atoms with Gasteiger partial charge in [-0.15, -0.1) is 0 Å². The van der Waals surface area contributed by atoms with E-state index in [1.54, 1.807) is 0 Å². The van der Waals surface area contributed by atoms with Gasteiger partial charge in [0.1, 0.15) is 17.4 Å². The lowest BCUT2D eigenvalue weighted by molar-refractivity contribution is 0.102. The van der Waals surface area contributed by atoms with E-state index in [9.17, 15) is 13.6 Å². The molecule has 0 radical (unpaired) electrons. The third-order valence-corrected chi connectivity index (χ3v) is 2.17. The SMILES string of the molecule is O=C(Nc1ccc(F)cc1F)c1cncc(O)c1. The van der Waals surface area contributed by atoms with E-state index < -0.39 is 17.5 Å². The summed E-state index contributed by atoms with van der Waals surface area (Å²) in [6.45, 7) is 0. The van der Waals surface area contributed by atoms with Crippen molar-refractivity contribution in [2.45, 2.75) is 0 Å². The summed E-state index contributed by atoms with van der Waals surface area (Å²) in [4.78, 5) is 15.3. The van der Waals surface area contributed by atoms with Crippen molar-refractivity contribution in [1.82, 2.24) is 4.98 Å². The van der Waals surface area contributed by atoms with Gasteiger partial charge in [0.15, 0.2) is 0 Å². The number of amides is 1. The molecule has 1 amide bonds. The molecule has 0 saturated carbocycles. The summed E-state index contributed by atoms with van der Waals surface area (Å²) in [6.07, 6.45) is 2.38. The molecule has 0 aliphatic carbocycles. The van der Waals surface area contributed by atoms with Gasteiger partial charge in [0.25, 0.3) is 5.91 Å². The lowest BCUT2D eigenvalue weighted by atomic mass is 10.2. The predicted molar refractivity (Wildman–Crippen MR) is 60.2 cm³/mol. The molecule has 0 aliphatic heterocycles. The van der Waals surface area contributed by atoms with E-state index in [0.717, 1.165) is 18.3 Å². The topological polar surface area (TPSA) is 62.2 Å². The molecule has 0 aliphatic rings. The van der Waals surface area contributed by atoms with E-state index in [2.05, 4.69) is 10.3 Å². The normalized spacial score (nSPS) is 10.1. The minimum atomic E-state index is -0.878. The fraction of sp³-hybridized carbons (Fsp3) is 0. The van der Waals surface area contributed by atoms with Crippen LogP contribution < -0.4 is 5.32 Å². The quantitative estimate of drug-likeness (QED) is 0.859. The highest BCUT2D eigenvalue weighted by atomic mass is 19.1. The molecule has 0 bridgehead atoms. The van der Waals surface area contributed by atoms with Crippen LogP contribution in [0.2, 0.25) is 0 Å². The Balaban J connectivity index is 2.21. The van der Waals surface area contributed by atoms with Crippen molar-refractivity contribution in [3.05, 3.63) is 53.9 Å². The minimum absolute atomic E-state index is 0.0683. The van der Waals surface area contributed by atoms with Crippen LogP contribution in [-0.2, 0) is 0 Å². The number of hydrogen-bond acceptors (Lipinski definition) is 3. The maximum absolute atomic E-state index is 13.3. The number of nitrogens with one attached hydrogen (secondary N) is 1. The Morgan fingerprint density at radius 2 is 2.00 bits per heavy atom. The van der Waals surface area contributed by atoms with Crippen molar-refractivity contribution in [3.63, 3.8) is 0 Å². The van der Waals surface area contributed by atoms with Crippen LogP contribution in [0.5, 0.6) is 5.75 Å². The van der Waals surface area contributed by atoms with Crippen molar-refractivity contribution < 1.29 is 18.7 Å². The number of pyridine rings is 1. The van der Waals surface area contributed by atoms with Crippen molar-refractivity contribution in [2.24, 2.45) is 0 Å². The largest absolute Gasteiger partial charge is 0.506 e. The van der Waals surface area contributed by atoms with Gasteiger partial charge in [-0.25, -0.2) is 8.78 Å². The summed E-state index contributed by atoms with van der Waals surface area (Å²) < 4.78 is 26.0. The van der Waals surface area contributed by atoms with E-state index in [0.29, 0.717) is 6.07 Å². The highest BCUT2D eigenvalue weighted by Gasteiger charge is 2.10. The number of aromatic nitrogens is 1. The van der Waals surface area contributed by atoms with Crippen LogP contribution in [0.15, 0.2) is 36.7 Å². The molecule has 0 atom stereocenters. The van der Waals surface area contributed by atoms with Gasteiger partial charge < -0.3 is 10.4 Å². The zero-order chi connectivity index (χ0) is 13.1. The summed E-state index contributed by atoms with van der Waals surface area (Å²) in [5, 5.41) is 11.4. The van der Waals surface area contributed by atoms with Gasteiger partial charge in [-0.2, -0.15) is 0 Å². The van der Waals surface area contributed by atoms with Gasteiger partial charge in [-0.05, 0) is 18.2 Å². The summed E-state index contributed by atoms with van der Waals surface area (Å²) in [5.74, 6) is -2.44. The Morgan fingerprint density at radius 3 is 2.67 bits per heavy atom. The number of rotatable bonds is 2. The molecule has 0 fully saturated rings. The Bertz CT molecular complexity index is 602. The van der Waals surface area contributed by atoms with Crippen LogP contribution in [0.4, 0.5) is 14.5 Å². The summed E-state index contributed by atoms with van der Waals surface area (Å²) in [7, 11) is 0. The molecule has 0 spiro atoms. The van der Waals surface area contributed by atoms with Crippen LogP contribution in [0.3, 0.4) is 0 Å². The lowest BCUT2D eigenvalue weighted by Gasteiger charge is -2.06. The molecule has 4 nitrogen and oxygen atoms in total. The van der Waals surface area contributed by atoms with Crippen molar-refractivity contribution in [1.29, 1.82) is 0 Å². The molecule has 1 heterocycles. The van der Waals surface area contributed by atoms with Crippen molar-refractivity contribution in [3.8, 4) is 5.75 Å². The number of carbonyl (C=O) groups is 1. The molecule has 1 aromatic carbocycles. The van der Waals surface area contributed by atoms with Gasteiger partial charge in [0.05, 0.1) is 17.4 Å². The maximum Gasteiger partial charge on any atom is 0.257 e. The smallest absolute Gasteiger partial charge is 0.257 e. The molecule has 18 heavy (non-hydrogen) atoms. The fourth-order valence-electron chi connectivity index (χ4n) is 1.34. The van der Waals surface area contributed by atoms with E-state index in [1.807, 2.05) is 0 Å². The highest BCUT2D eigenvalue weighted by Crippen LogP contribution is 2.16. The average molecular weight is 250 g/mol. The van der Waals surface area contributed by atoms with Gasteiger partial charge in [-0.1, -0.05) is 0 Å². The molecule has 2 aromatic rings. The lowest BCUT2D eigenvalue weighted by Crippen LogP contribution is -2.13. The summed E-state index contributed by atoms with van der Waals surface area (Å²) in [6, 6.07) is 3.98. The summed E-state index contributed by atoms with van der Waals surface area (Å²) >= 11 is 0. The second-order valence-corrected chi connectivity index (χ2v) is 3.51. The maximum atomic E-state index is 13.3. The van der Waals surface area contributed by atoms with E-state index in [1.165, 1.54) is 12.3 Å². The molecule has 1 aromatic heterocycles. The number of nitrogens with zero attached hydrogens (tertiary/aromatic N) is 1. The number of aromatic hydroxyl groups is 1. The van der Waals surface area contributed by atoms with E-state index >= 15 is 0 Å². The second-order valence-electron chi connectivity index (χ2n) is 3.51. The zero-order valence-corrected chi connectivity index (χ0v) is 9.02. The highest BCUT2D eigenvalue weighted by molar-refractivity contribution is 6.04. The third kappa shape index (κ3) is 2.60. The molecular weight excluding hydrogens is 242 g/mol. The number of benzene rings is 1. The Kier molecular flexibility index (Phi) is 3.18. The molecule has 2 N–H and O–H groups in total. The first-order valence-electron chi connectivity index (χ1n) is 4.96. The molecular formula is C12H8F2N2O2. The standard InChI is InChI=1S/C12H8F2N2O2/c13-8-1-2-11(10(14)4-8)16-12(18)7-3-9(17)6-15-5-7/h1-6,17H,(H,16,18). The number of carbonyl (C=O) groups excluding carboxylic acids is 1. The number of anilines is 1. The van der Waals surface area contributed by atoms with Gasteiger partial charge in [0, 0.05) is 12.3 Å². The molecule has 92 valence electrons. The van der Waals surface area contributed by atoms with Crippen LogP contribution in [0, 0.1) is 11.6 Å².